The van der Waals surface area contributed by atoms with E-state index in [1.165, 1.54) is 0 Å². The highest BCUT2D eigenvalue weighted by molar-refractivity contribution is 8.00. The molecule has 0 aromatic heterocycles. The molecule has 3 rings (SSSR count). The van der Waals surface area contributed by atoms with Gasteiger partial charge >= 0.3 is 0 Å². The molecule has 2 atom stereocenters. The van der Waals surface area contributed by atoms with Gasteiger partial charge in [0.05, 0.1) is 0 Å². The Balaban J connectivity index is 1.83. The standard InChI is InChI=1S/C15H13F5OS/c16-11-9(12(17)14(19)15(20)13(11)18)5-10(21)6-3-7-1-2-8(4-6)22-7/h6-8H,1-5H2. The maximum atomic E-state index is 13.6. The summed E-state index contributed by atoms with van der Waals surface area (Å²) in [7, 11) is 0. The highest BCUT2D eigenvalue weighted by Gasteiger charge is 2.38. The molecule has 120 valence electrons. The second kappa shape index (κ2) is 5.83. The summed E-state index contributed by atoms with van der Waals surface area (Å²) in [6.45, 7) is 0. The van der Waals surface area contributed by atoms with Crippen LogP contribution in [-0.4, -0.2) is 16.3 Å². The molecule has 2 fully saturated rings. The summed E-state index contributed by atoms with van der Waals surface area (Å²) in [5.41, 5.74) is -1.02. The third-order valence-electron chi connectivity index (χ3n) is 4.40. The number of carbonyl (C=O) groups is 1. The van der Waals surface area contributed by atoms with Gasteiger partial charge in [-0.25, -0.2) is 22.0 Å². The van der Waals surface area contributed by atoms with Crippen LogP contribution in [0.15, 0.2) is 0 Å². The van der Waals surface area contributed by atoms with Gasteiger partial charge in [-0.15, -0.1) is 0 Å². The molecule has 22 heavy (non-hydrogen) atoms. The molecule has 0 spiro atoms. The van der Waals surface area contributed by atoms with Crippen molar-refractivity contribution in [3.05, 3.63) is 34.6 Å². The van der Waals surface area contributed by atoms with E-state index in [2.05, 4.69) is 0 Å². The zero-order chi connectivity index (χ0) is 16.0. The van der Waals surface area contributed by atoms with Crippen LogP contribution in [0.25, 0.3) is 0 Å². The molecule has 2 bridgehead atoms. The molecule has 0 N–H and O–H groups in total. The number of halogens is 5. The molecule has 2 unspecified atom stereocenters. The lowest BCUT2D eigenvalue weighted by Crippen LogP contribution is -2.27. The molecule has 2 aliphatic heterocycles. The first-order valence-corrected chi connectivity index (χ1v) is 8.01. The largest absolute Gasteiger partial charge is 0.299 e. The summed E-state index contributed by atoms with van der Waals surface area (Å²) in [5.74, 6) is -10.8. The highest BCUT2D eigenvalue weighted by Crippen LogP contribution is 2.46. The Bertz CT molecular complexity index is 592. The summed E-state index contributed by atoms with van der Waals surface area (Å²) in [6, 6.07) is 0. The Hall–Kier alpha value is -1.11. The third kappa shape index (κ3) is 2.64. The van der Waals surface area contributed by atoms with Gasteiger partial charge in [-0.3, -0.25) is 4.79 Å². The summed E-state index contributed by atoms with van der Waals surface area (Å²) >= 11 is 1.82. The fraction of sp³-hybridized carbons (Fsp3) is 0.533. The van der Waals surface area contributed by atoms with E-state index < -0.39 is 46.9 Å². The molecule has 2 saturated heterocycles. The number of thioether (sulfide) groups is 1. The first-order chi connectivity index (χ1) is 10.4. The molecular weight excluding hydrogens is 323 g/mol. The lowest BCUT2D eigenvalue weighted by molar-refractivity contribution is -0.122. The van der Waals surface area contributed by atoms with Gasteiger partial charge in [0, 0.05) is 28.4 Å². The molecule has 0 amide bonds. The molecule has 2 heterocycles. The van der Waals surface area contributed by atoms with Gasteiger partial charge in [-0.1, -0.05) is 0 Å². The topological polar surface area (TPSA) is 17.1 Å². The molecule has 0 saturated carbocycles. The van der Waals surface area contributed by atoms with Crippen molar-refractivity contribution in [2.75, 3.05) is 0 Å². The Morgan fingerprint density at radius 3 is 1.82 bits per heavy atom. The van der Waals surface area contributed by atoms with Gasteiger partial charge in [-0.2, -0.15) is 11.8 Å². The maximum Gasteiger partial charge on any atom is 0.200 e. The van der Waals surface area contributed by atoms with E-state index in [-0.39, 0.29) is 5.92 Å². The smallest absolute Gasteiger partial charge is 0.200 e. The second-order valence-electron chi connectivity index (χ2n) is 5.82. The number of ketones is 1. The summed E-state index contributed by atoms with van der Waals surface area (Å²) < 4.78 is 66.5. The van der Waals surface area contributed by atoms with Crippen LogP contribution in [-0.2, 0) is 11.2 Å². The van der Waals surface area contributed by atoms with E-state index in [9.17, 15) is 26.7 Å². The zero-order valence-corrected chi connectivity index (χ0v) is 12.3. The average molecular weight is 336 g/mol. The number of fused-ring (bicyclic) bond motifs is 2. The lowest BCUT2D eigenvalue weighted by atomic mass is 9.90. The van der Waals surface area contributed by atoms with Crippen molar-refractivity contribution >= 4 is 17.5 Å². The Kier molecular flexibility index (Phi) is 4.18. The van der Waals surface area contributed by atoms with Crippen LogP contribution in [0.1, 0.15) is 31.2 Å². The summed E-state index contributed by atoms with van der Waals surface area (Å²) in [5, 5.41) is 0.730. The van der Waals surface area contributed by atoms with Crippen molar-refractivity contribution in [1.29, 1.82) is 0 Å². The number of hydrogen-bond acceptors (Lipinski definition) is 2. The van der Waals surface area contributed by atoms with Crippen molar-refractivity contribution in [1.82, 2.24) is 0 Å². The minimum atomic E-state index is -2.20. The fourth-order valence-electron chi connectivity index (χ4n) is 3.24. The molecule has 0 radical (unpaired) electrons. The normalized spacial score (nSPS) is 27.2. The third-order valence-corrected chi connectivity index (χ3v) is 6.02. The van der Waals surface area contributed by atoms with Gasteiger partial charge < -0.3 is 0 Å². The molecule has 1 nitrogen and oxygen atoms in total. The number of benzene rings is 1. The average Bonchev–Trinajstić information content (AvgIpc) is 2.85. The van der Waals surface area contributed by atoms with E-state index in [4.69, 9.17) is 0 Å². The van der Waals surface area contributed by atoms with Crippen molar-refractivity contribution in [2.45, 2.75) is 42.6 Å². The van der Waals surface area contributed by atoms with E-state index in [1.807, 2.05) is 11.8 Å². The second-order valence-corrected chi connectivity index (χ2v) is 7.42. The van der Waals surface area contributed by atoms with Crippen LogP contribution in [0.2, 0.25) is 0 Å². The van der Waals surface area contributed by atoms with Crippen LogP contribution in [0.5, 0.6) is 0 Å². The predicted molar refractivity (Wildman–Crippen MR) is 72.1 cm³/mol. The van der Waals surface area contributed by atoms with Gasteiger partial charge in [0.2, 0.25) is 5.82 Å². The minimum absolute atomic E-state index is 0.353. The van der Waals surface area contributed by atoms with Crippen LogP contribution in [0, 0.1) is 35.0 Å². The molecule has 1 aromatic carbocycles. The number of Topliss-reactive ketones (excluding diaryl/α,β-unsaturated/α-hetero) is 1. The van der Waals surface area contributed by atoms with E-state index in [1.54, 1.807) is 0 Å². The van der Waals surface area contributed by atoms with Crippen LogP contribution >= 0.6 is 11.8 Å². The van der Waals surface area contributed by atoms with Gasteiger partial charge in [0.15, 0.2) is 23.3 Å². The predicted octanol–water partition coefficient (Wildman–Crippen LogP) is 4.17. The Labute approximate surface area is 128 Å². The minimum Gasteiger partial charge on any atom is -0.299 e. The quantitative estimate of drug-likeness (QED) is 0.468. The molecule has 0 aliphatic carbocycles. The molecule has 7 heteroatoms. The monoisotopic (exact) mass is 336 g/mol. The first kappa shape index (κ1) is 15.8. The van der Waals surface area contributed by atoms with E-state index in [0.717, 1.165) is 12.8 Å². The van der Waals surface area contributed by atoms with Crippen LogP contribution in [0.4, 0.5) is 22.0 Å². The SMILES string of the molecule is O=C(Cc1c(F)c(F)c(F)c(F)c1F)C1CC2CCC(C1)S2. The number of carbonyl (C=O) groups excluding carboxylic acids is 1. The Morgan fingerprint density at radius 1 is 0.864 bits per heavy atom. The highest BCUT2D eigenvalue weighted by atomic mass is 32.2. The molecular formula is C15H13F5OS. The van der Waals surface area contributed by atoms with E-state index >= 15 is 0 Å². The fourth-order valence-corrected chi connectivity index (χ4v) is 5.02. The Morgan fingerprint density at radius 2 is 1.32 bits per heavy atom. The zero-order valence-electron chi connectivity index (χ0n) is 11.5. The maximum absolute atomic E-state index is 13.6. The molecule has 2 aliphatic rings. The first-order valence-electron chi connectivity index (χ1n) is 7.07. The number of hydrogen-bond donors (Lipinski definition) is 0. The summed E-state index contributed by atoms with van der Waals surface area (Å²) in [6.07, 6.45) is 2.52. The van der Waals surface area contributed by atoms with Crippen LogP contribution in [0.3, 0.4) is 0 Å². The molecule has 1 aromatic rings. The van der Waals surface area contributed by atoms with E-state index in [0.29, 0.717) is 23.3 Å². The van der Waals surface area contributed by atoms with Gasteiger partial charge in [0.1, 0.15) is 5.78 Å². The summed E-state index contributed by atoms with van der Waals surface area (Å²) in [4.78, 5) is 12.2. The van der Waals surface area contributed by atoms with Gasteiger partial charge in [-0.05, 0) is 25.7 Å². The number of rotatable bonds is 3. The van der Waals surface area contributed by atoms with Crippen molar-refractivity contribution in [3.8, 4) is 0 Å². The van der Waals surface area contributed by atoms with Crippen molar-refractivity contribution in [3.63, 3.8) is 0 Å². The van der Waals surface area contributed by atoms with Crippen molar-refractivity contribution in [2.24, 2.45) is 5.92 Å². The van der Waals surface area contributed by atoms with Crippen LogP contribution < -0.4 is 0 Å². The van der Waals surface area contributed by atoms with Crippen molar-refractivity contribution < 1.29 is 26.7 Å². The lowest BCUT2D eigenvalue weighted by Gasteiger charge is -2.26. The van der Waals surface area contributed by atoms with Gasteiger partial charge in [0.25, 0.3) is 0 Å².